The number of piperazine rings is 1. The van der Waals surface area contributed by atoms with Gasteiger partial charge in [-0.05, 0) is 24.3 Å². The van der Waals surface area contributed by atoms with Crippen LogP contribution >= 0.6 is 0 Å². The van der Waals surface area contributed by atoms with Crippen LogP contribution in [0.25, 0.3) is 0 Å². The molecule has 6 heteroatoms. The fraction of sp³-hybridized carbons (Fsp3) is 0.350. The Morgan fingerprint density at radius 2 is 1.58 bits per heavy atom. The van der Waals surface area contributed by atoms with E-state index in [4.69, 9.17) is 0 Å². The standard InChI is InChI=1S/C20H26N4O2/c25-19(15-21-20(26)22-17-7-3-1-4-8-17)16-23-11-13-24(14-12-23)18-9-5-2-6-10-18/h1-10,19,25H,11-16H2,(H2,21,22,26). The van der Waals surface area contributed by atoms with Crippen molar-refractivity contribution >= 4 is 17.4 Å². The molecule has 0 aliphatic carbocycles. The van der Waals surface area contributed by atoms with Crippen LogP contribution in [-0.2, 0) is 0 Å². The molecule has 1 fully saturated rings. The summed E-state index contributed by atoms with van der Waals surface area (Å²) in [6.45, 7) is 4.49. The maximum absolute atomic E-state index is 11.9. The number of carbonyl (C=O) groups excluding carboxylic acids is 1. The Morgan fingerprint density at radius 1 is 0.962 bits per heavy atom. The molecule has 138 valence electrons. The maximum Gasteiger partial charge on any atom is 0.319 e. The number of aliphatic hydroxyl groups is 1. The molecule has 3 rings (SSSR count). The van der Waals surface area contributed by atoms with Crippen LogP contribution in [0.1, 0.15) is 0 Å². The molecule has 2 aromatic carbocycles. The summed E-state index contributed by atoms with van der Waals surface area (Å²) in [7, 11) is 0. The maximum atomic E-state index is 11.9. The van der Waals surface area contributed by atoms with E-state index in [-0.39, 0.29) is 12.6 Å². The number of hydrogen-bond donors (Lipinski definition) is 3. The molecular weight excluding hydrogens is 328 g/mol. The average Bonchev–Trinajstić information content (AvgIpc) is 2.68. The summed E-state index contributed by atoms with van der Waals surface area (Å²) in [5.41, 5.74) is 1.98. The topological polar surface area (TPSA) is 67.8 Å². The third kappa shape index (κ3) is 5.47. The minimum Gasteiger partial charge on any atom is -0.390 e. The lowest BCUT2D eigenvalue weighted by molar-refractivity contribution is 0.109. The largest absolute Gasteiger partial charge is 0.390 e. The molecule has 2 aromatic rings. The lowest BCUT2D eigenvalue weighted by atomic mass is 10.2. The smallest absolute Gasteiger partial charge is 0.319 e. The molecule has 1 aliphatic rings. The summed E-state index contributed by atoms with van der Waals surface area (Å²) in [6.07, 6.45) is -0.584. The number of anilines is 2. The van der Waals surface area contributed by atoms with Gasteiger partial charge in [-0.3, -0.25) is 4.90 Å². The number of nitrogens with one attached hydrogen (secondary N) is 2. The molecule has 1 heterocycles. The third-order valence-corrected chi connectivity index (χ3v) is 4.49. The highest BCUT2D eigenvalue weighted by Crippen LogP contribution is 2.15. The highest BCUT2D eigenvalue weighted by Gasteiger charge is 2.19. The van der Waals surface area contributed by atoms with Crippen molar-refractivity contribution in [2.45, 2.75) is 6.10 Å². The Balaban J connectivity index is 1.35. The van der Waals surface area contributed by atoms with Gasteiger partial charge in [-0.1, -0.05) is 36.4 Å². The fourth-order valence-electron chi connectivity index (χ4n) is 3.10. The molecule has 1 saturated heterocycles. The molecule has 0 radical (unpaired) electrons. The zero-order chi connectivity index (χ0) is 18.2. The third-order valence-electron chi connectivity index (χ3n) is 4.49. The van der Waals surface area contributed by atoms with Crippen molar-refractivity contribution in [2.24, 2.45) is 0 Å². The molecule has 0 aromatic heterocycles. The number of β-amino-alcohol motifs (C(OH)–C–C–N with tert-alkyl or cyclic N) is 1. The van der Waals surface area contributed by atoms with E-state index in [1.807, 2.05) is 36.4 Å². The van der Waals surface area contributed by atoms with Crippen LogP contribution in [0.3, 0.4) is 0 Å². The molecule has 1 unspecified atom stereocenters. The molecule has 2 amide bonds. The Bertz CT molecular complexity index is 673. The zero-order valence-electron chi connectivity index (χ0n) is 14.8. The van der Waals surface area contributed by atoms with E-state index in [0.29, 0.717) is 6.54 Å². The quantitative estimate of drug-likeness (QED) is 0.742. The lowest BCUT2D eigenvalue weighted by Gasteiger charge is -2.36. The van der Waals surface area contributed by atoms with Crippen LogP contribution in [-0.4, -0.2) is 61.4 Å². The van der Waals surface area contributed by atoms with Gasteiger partial charge < -0.3 is 20.6 Å². The van der Waals surface area contributed by atoms with Crippen molar-refractivity contribution in [3.05, 3.63) is 60.7 Å². The summed E-state index contributed by atoms with van der Waals surface area (Å²) >= 11 is 0. The molecular formula is C20H26N4O2. The Morgan fingerprint density at radius 3 is 2.23 bits per heavy atom. The van der Waals surface area contributed by atoms with Crippen molar-refractivity contribution < 1.29 is 9.90 Å². The number of hydrogen-bond acceptors (Lipinski definition) is 4. The van der Waals surface area contributed by atoms with Gasteiger partial charge in [0.2, 0.25) is 0 Å². The highest BCUT2D eigenvalue weighted by molar-refractivity contribution is 5.89. The van der Waals surface area contributed by atoms with Gasteiger partial charge in [0.1, 0.15) is 0 Å². The number of nitrogens with zero attached hydrogens (tertiary/aromatic N) is 2. The normalized spacial score (nSPS) is 16.1. The van der Waals surface area contributed by atoms with Crippen LogP contribution in [0, 0.1) is 0 Å². The van der Waals surface area contributed by atoms with Gasteiger partial charge in [0, 0.05) is 50.6 Å². The molecule has 3 N–H and O–H groups in total. The second-order valence-electron chi connectivity index (χ2n) is 6.48. The molecule has 1 atom stereocenters. The predicted octanol–water partition coefficient (Wildman–Crippen LogP) is 1.99. The molecule has 1 aliphatic heterocycles. The average molecular weight is 354 g/mol. The van der Waals surface area contributed by atoms with Crippen molar-refractivity contribution in [1.29, 1.82) is 0 Å². The molecule has 0 spiro atoms. The Hall–Kier alpha value is -2.57. The van der Waals surface area contributed by atoms with Crippen LogP contribution in [0.5, 0.6) is 0 Å². The van der Waals surface area contributed by atoms with Gasteiger partial charge >= 0.3 is 6.03 Å². The SMILES string of the molecule is O=C(NCC(O)CN1CCN(c2ccccc2)CC1)Nc1ccccc1. The minimum absolute atomic E-state index is 0.234. The first-order valence-electron chi connectivity index (χ1n) is 9.01. The van der Waals surface area contributed by atoms with Crippen molar-refractivity contribution in [3.8, 4) is 0 Å². The summed E-state index contributed by atoms with van der Waals surface area (Å²) < 4.78 is 0. The lowest BCUT2D eigenvalue weighted by Crippen LogP contribution is -2.50. The van der Waals surface area contributed by atoms with Gasteiger partial charge in [0.05, 0.1) is 6.10 Å². The van der Waals surface area contributed by atoms with Crippen LogP contribution in [0.2, 0.25) is 0 Å². The van der Waals surface area contributed by atoms with E-state index >= 15 is 0 Å². The number of aliphatic hydroxyl groups excluding tert-OH is 1. The number of para-hydroxylation sites is 2. The summed E-state index contributed by atoms with van der Waals surface area (Å²) in [4.78, 5) is 16.4. The van der Waals surface area contributed by atoms with Crippen LogP contribution < -0.4 is 15.5 Å². The number of rotatable bonds is 6. The van der Waals surface area contributed by atoms with E-state index in [0.717, 1.165) is 31.9 Å². The Kier molecular flexibility index (Phi) is 6.46. The highest BCUT2D eigenvalue weighted by atomic mass is 16.3. The summed E-state index contributed by atoms with van der Waals surface area (Å²) in [5.74, 6) is 0. The van der Waals surface area contributed by atoms with E-state index in [2.05, 4.69) is 44.7 Å². The van der Waals surface area contributed by atoms with Crippen molar-refractivity contribution in [2.75, 3.05) is 49.5 Å². The molecule has 6 nitrogen and oxygen atoms in total. The first kappa shape index (κ1) is 18.2. The van der Waals surface area contributed by atoms with Crippen molar-refractivity contribution in [3.63, 3.8) is 0 Å². The van der Waals surface area contributed by atoms with Crippen molar-refractivity contribution in [1.82, 2.24) is 10.2 Å². The first-order valence-corrected chi connectivity index (χ1v) is 9.01. The zero-order valence-corrected chi connectivity index (χ0v) is 14.8. The van der Waals surface area contributed by atoms with Gasteiger partial charge in [-0.25, -0.2) is 4.79 Å². The van der Waals surface area contributed by atoms with Gasteiger partial charge in [0.15, 0.2) is 0 Å². The van der Waals surface area contributed by atoms with Gasteiger partial charge in [-0.2, -0.15) is 0 Å². The molecule has 0 bridgehead atoms. The summed E-state index contributed by atoms with van der Waals surface area (Å²) in [6, 6.07) is 19.3. The number of benzene rings is 2. The Labute approximate surface area is 154 Å². The summed E-state index contributed by atoms with van der Waals surface area (Å²) in [5, 5.41) is 15.7. The number of carbonyl (C=O) groups is 1. The van der Waals surface area contributed by atoms with Gasteiger partial charge in [-0.15, -0.1) is 0 Å². The molecule has 0 saturated carbocycles. The van der Waals surface area contributed by atoms with E-state index in [1.165, 1.54) is 5.69 Å². The fourth-order valence-corrected chi connectivity index (χ4v) is 3.10. The number of urea groups is 1. The predicted molar refractivity (Wildman–Crippen MR) is 105 cm³/mol. The molecule has 26 heavy (non-hydrogen) atoms. The van der Waals surface area contributed by atoms with Crippen LogP contribution in [0.4, 0.5) is 16.2 Å². The van der Waals surface area contributed by atoms with Gasteiger partial charge in [0.25, 0.3) is 0 Å². The monoisotopic (exact) mass is 354 g/mol. The van der Waals surface area contributed by atoms with E-state index < -0.39 is 6.10 Å². The van der Waals surface area contributed by atoms with E-state index in [1.54, 1.807) is 0 Å². The number of amides is 2. The first-order chi connectivity index (χ1) is 12.7. The second kappa shape index (κ2) is 9.22. The van der Waals surface area contributed by atoms with Crippen LogP contribution in [0.15, 0.2) is 60.7 Å². The minimum atomic E-state index is -0.584. The van der Waals surface area contributed by atoms with E-state index in [9.17, 15) is 9.90 Å². The second-order valence-corrected chi connectivity index (χ2v) is 6.48.